The SMILES string of the molecule is Cc1nc(C(C)C)co1. The van der Waals surface area contributed by atoms with Crippen LogP contribution >= 0.6 is 0 Å². The first kappa shape index (κ1) is 6.33. The van der Waals surface area contributed by atoms with E-state index < -0.39 is 0 Å². The maximum absolute atomic E-state index is 5.01. The van der Waals surface area contributed by atoms with Crippen LogP contribution in [0.25, 0.3) is 0 Å². The molecule has 0 saturated heterocycles. The van der Waals surface area contributed by atoms with Crippen LogP contribution in [0.2, 0.25) is 0 Å². The number of aromatic nitrogens is 1. The van der Waals surface area contributed by atoms with Crippen LogP contribution in [-0.2, 0) is 0 Å². The Kier molecular flexibility index (Phi) is 1.56. The Morgan fingerprint density at radius 1 is 1.56 bits per heavy atom. The molecular weight excluding hydrogens is 114 g/mol. The number of oxazole rings is 1. The van der Waals surface area contributed by atoms with Crippen LogP contribution in [-0.4, -0.2) is 4.98 Å². The molecule has 0 unspecified atom stereocenters. The summed E-state index contributed by atoms with van der Waals surface area (Å²) < 4.78 is 5.01. The van der Waals surface area contributed by atoms with Gasteiger partial charge in [0.05, 0.1) is 5.69 Å². The molecule has 0 amide bonds. The van der Waals surface area contributed by atoms with Crippen molar-refractivity contribution in [2.45, 2.75) is 26.7 Å². The third kappa shape index (κ3) is 1.31. The molecule has 0 aliphatic heterocycles. The van der Waals surface area contributed by atoms with Crippen LogP contribution in [0.1, 0.15) is 31.4 Å². The first-order valence-electron chi connectivity index (χ1n) is 3.12. The number of rotatable bonds is 1. The second-order valence-electron chi connectivity index (χ2n) is 2.45. The summed E-state index contributed by atoms with van der Waals surface area (Å²) in [6, 6.07) is 0. The van der Waals surface area contributed by atoms with E-state index in [0.717, 1.165) is 11.6 Å². The molecule has 0 spiro atoms. The zero-order chi connectivity index (χ0) is 6.85. The van der Waals surface area contributed by atoms with Crippen molar-refractivity contribution in [3.8, 4) is 0 Å². The van der Waals surface area contributed by atoms with Crippen LogP contribution in [0, 0.1) is 6.92 Å². The van der Waals surface area contributed by atoms with Crippen molar-refractivity contribution in [3.05, 3.63) is 17.8 Å². The van der Waals surface area contributed by atoms with Gasteiger partial charge in [0, 0.05) is 6.92 Å². The van der Waals surface area contributed by atoms with Crippen LogP contribution in [0.15, 0.2) is 10.7 Å². The summed E-state index contributed by atoms with van der Waals surface area (Å²) in [5.41, 5.74) is 1.03. The van der Waals surface area contributed by atoms with Crippen LogP contribution in [0.3, 0.4) is 0 Å². The van der Waals surface area contributed by atoms with Crippen LogP contribution in [0.5, 0.6) is 0 Å². The third-order valence-electron chi connectivity index (χ3n) is 1.23. The molecule has 0 radical (unpaired) electrons. The number of hydrogen-bond acceptors (Lipinski definition) is 2. The van der Waals surface area contributed by atoms with Gasteiger partial charge in [0.2, 0.25) is 0 Å². The smallest absolute Gasteiger partial charge is 0.191 e. The Morgan fingerprint density at radius 3 is 2.44 bits per heavy atom. The topological polar surface area (TPSA) is 26.0 Å². The number of nitrogens with zero attached hydrogens (tertiary/aromatic N) is 1. The first-order chi connectivity index (χ1) is 4.20. The third-order valence-corrected chi connectivity index (χ3v) is 1.23. The maximum atomic E-state index is 5.01. The van der Waals surface area contributed by atoms with E-state index in [1.807, 2.05) is 6.92 Å². The minimum Gasteiger partial charge on any atom is -0.449 e. The molecule has 0 aliphatic rings. The normalized spacial score (nSPS) is 10.7. The van der Waals surface area contributed by atoms with E-state index in [2.05, 4.69) is 18.8 Å². The minimum atomic E-state index is 0.474. The van der Waals surface area contributed by atoms with Gasteiger partial charge in [0.1, 0.15) is 6.26 Å². The number of aryl methyl sites for hydroxylation is 1. The zero-order valence-electron chi connectivity index (χ0n) is 6.01. The fourth-order valence-electron chi connectivity index (χ4n) is 0.645. The summed E-state index contributed by atoms with van der Waals surface area (Å²) in [5, 5.41) is 0. The molecule has 0 fully saturated rings. The van der Waals surface area contributed by atoms with E-state index in [9.17, 15) is 0 Å². The van der Waals surface area contributed by atoms with Crippen molar-refractivity contribution in [1.82, 2.24) is 4.98 Å². The van der Waals surface area contributed by atoms with Crippen molar-refractivity contribution in [3.63, 3.8) is 0 Å². The Labute approximate surface area is 54.9 Å². The Balaban J connectivity index is 2.85. The minimum absolute atomic E-state index is 0.474. The van der Waals surface area contributed by atoms with Gasteiger partial charge < -0.3 is 4.42 Å². The van der Waals surface area contributed by atoms with E-state index in [1.165, 1.54) is 0 Å². The second kappa shape index (κ2) is 2.21. The molecular formula is C7H11NO. The fraction of sp³-hybridized carbons (Fsp3) is 0.571. The molecule has 9 heavy (non-hydrogen) atoms. The summed E-state index contributed by atoms with van der Waals surface area (Å²) in [4.78, 5) is 4.14. The van der Waals surface area contributed by atoms with Crippen molar-refractivity contribution < 1.29 is 4.42 Å². The summed E-state index contributed by atoms with van der Waals surface area (Å²) in [7, 11) is 0. The monoisotopic (exact) mass is 125 g/mol. The first-order valence-corrected chi connectivity index (χ1v) is 3.12. The average molecular weight is 125 g/mol. The molecule has 2 heteroatoms. The highest BCUT2D eigenvalue weighted by atomic mass is 16.3. The van der Waals surface area contributed by atoms with Gasteiger partial charge in [0.25, 0.3) is 0 Å². The summed E-state index contributed by atoms with van der Waals surface area (Å²) in [6.07, 6.45) is 1.71. The van der Waals surface area contributed by atoms with Gasteiger partial charge >= 0.3 is 0 Å². The Hall–Kier alpha value is -0.790. The lowest BCUT2D eigenvalue weighted by Gasteiger charge is -1.93. The van der Waals surface area contributed by atoms with Gasteiger partial charge in [-0.25, -0.2) is 4.98 Å². The standard InChI is InChI=1S/C7H11NO/c1-5(2)7-4-9-6(3)8-7/h4-5H,1-3H3. The Morgan fingerprint density at radius 2 is 2.22 bits per heavy atom. The van der Waals surface area contributed by atoms with Gasteiger partial charge in [-0.2, -0.15) is 0 Å². The molecule has 1 aromatic rings. The highest BCUT2D eigenvalue weighted by molar-refractivity contribution is 5.00. The van der Waals surface area contributed by atoms with Crippen molar-refractivity contribution in [2.75, 3.05) is 0 Å². The lowest BCUT2D eigenvalue weighted by Crippen LogP contribution is -1.85. The van der Waals surface area contributed by atoms with Crippen molar-refractivity contribution in [2.24, 2.45) is 0 Å². The highest BCUT2D eigenvalue weighted by Gasteiger charge is 2.02. The van der Waals surface area contributed by atoms with Crippen molar-refractivity contribution >= 4 is 0 Å². The highest BCUT2D eigenvalue weighted by Crippen LogP contribution is 2.11. The van der Waals surface area contributed by atoms with Gasteiger partial charge in [-0.3, -0.25) is 0 Å². The van der Waals surface area contributed by atoms with E-state index in [-0.39, 0.29) is 0 Å². The quantitative estimate of drug-likeness (QED) is 0.574. The Bertz CT molecular complexity index is 191. The molecule has 1 aromatic heterocycles. The van der Waals surface area contributed by atoms with Gasteiger partial charge in [-0.15, -0.1) is 0 Å². The molecule has 1 rings (SSSR count). The lowest BCUT2D eigenvalue weighted by molar-refractivity contribution is 0.520. The molecule has 2 nitrogen and oxygen atoms in total. The predicted octanol–water partition coefficient (Wildman–Crippen LogP) is 2.11. The molecule has 0 saturated carbocycles. The zero-order valence-corrected chi connectivity index (χ0v) is 6.01. The molecule has 0 aliphatic carbocycles. The molecule has 1 heterocycles. The summed E-state index contributed by atoms with van der Waals surface area (Å²) in [6.45, 7) is 6.04. The molecule has 50 valence electrons. The molecule has 0 N–H and O–H groups in total. The predicted molar refractivity (Wildman–Crippen MR) is 35.3 cm³/mol. The average Bonchev–Trinajstić information content (AvgIpc) is 2.14. The van der Waals surface area contributed by atoms with Crippen LogP contribution in [0.4, 0.5) is 0 Å². The van der Waals surface area contributed by atoms with Gasteiger partial charge in [0.15, 0.2) is 5.89 Å². The maximum Gasteiger partial charge on any atom is 0.191 e. The van der Waals surface area contributed by atoms with Crippen LogP contribution < -0.4 is 0 Å². The van der Waals surface area contributed by atoms with Gasteiger partial charge in [-0.05, 0) is 5.92 Å². The fourth-order valence-corrected chi connectivity index (χ4v) is 0.645. The van der Waals surface area contributed by atoms with E-state index in [4.69, 9.17) is 4.42 Å². The molecule has 0 atom stereocenters. The second-order valence-corrected chi connectivity index (χ2v) is 2.45. The molecule has 0 bridgehead atoms. The lowest BCUT2D eigenvalue weighted by atomic mass is 10.2. The van der Waals surface area contributed by atoms with Gasteiger partial charge in [-0.1, -0.05) is 13.8 Å². The largest absolute Gasteiger partial charge is 0.449 e. The van der Waals surface area contributed by atoms with E-state index in [0.29, 0.717) is 5.92 Å². The number of hydrogen-bond donors (Lipinski definition) is 0. The summed E-state index contributed by atoms with van der Waals surface area (Å²) in [5.74, 6) is 1.22. The van der Waals surface area contributed by atoms with Crippen molar-refractivity contribution in [1.29, 1.82) is 0 Å². The summed E-state index contributed by atoms with van der Waals surface area (Å²) >= 11 is 0. The molecule has 0 aromatic carbocycles. The van der Waals surface area contributed by atoms with E-state index in [1.54, 1.807) is 6.26 Å². The van der Waals surface area contributed by atoms with E-state index >= 15 is 0 Å².